The maximum absolute atomic E-state index is 6.08. The number of hydrogen-bond acceptors (Lipinski definition) is 9. The molecule has 8 aromatic carbocycles. The van der Waals surface area contributed by atoms with Crippen LogP contribution in [0.3, 0.4) is 0 Å². The van der Waals surface area contributed by atoms with Crippen LogP contribution in [-0.2, 0) is 25.7 Å². The van der Waals surface area contributed by atoms with Gasteiger partial charge in [0, 0.05) is 104 Å². The van der Waals surface area contributed by atoms with Crippen molar-refractivity contribution >= 4 is 111 Å². The molecule has 0 spiro atoms. The number of benzene rings is 8. The fraction of sp³-hybridized carbons (Fsp3) is 0.312. The number of methoxy groups -OCH3 is 1. The van der Waals surface area contributed by atoms with E-state index in [0.717, 1.165) is 137 Å². The first-order valence-corrected chi connectivity index (χ1v) is 40.0. The third-order valence-corrected chi connectivity index (χ3v) is 24.1. The Bertz CT molecular complexity index is 5540. The molecular weight excluding hydrogens is 1370 g/mol. The minimum absolute atomic E-state index is 0.584. The minimum atomic E-state index is 0.584. The summed E-state index contributed by atoms with van der Waals surface area (Å²) < 4.78 is 5.31. The van der Waals surface area contributed by atoms with Crippen molar-refractivity contribution in [1.29, 1.82) is 0 Å². The monoisotopic (exact) mass is 1460 g/mol. The number of halogens is 2. The van der Waals surface area contributed by atoms with Crippen LogP contribution in [0.15, 0.2) is 225 Å². The molecule has 4 aliphatic rings. The summed E-state index contributed by atoms with van der Waals surface area (Å²) in [4.78, 5) is 52.2. The van der Waals surface area contributed by atoms with Crippen LogP contribution in [0, 0.1) is 23.7 Å². The quantitative estimate of drug-likeness (QED) is 0.0875. The molecule has 4 N–H and O–H groups in total. The number of nitrogens with one attached hydrogen (secondary N) is 4. The number of nitrogens with zero attached hydrogens (tertiary/aromatic N) is 8. The number of imidazole rings is 4. The van der Waals surface area contributed by atoms with Crippen LogP contribution < -0.4 is 4.74 Å². The van der Waals surface area contributed by atoms with E-state index in [4.69, 9.17) is 62.8 Å². The molecule has 0 saturated heterocycles. The van der Waals surface area contributed by atoms with Crippen LogP contribution in [0.25, 0.3) is 87.7 Å². The Morgan fingerprint density at radius 3 is 1.04 bits per heavy atom. The van der Waals surface area contributed by atoms with Crippen molar-refractivity contribution in [2.75, 3.05) is 7.11 Å². The van der Waals surface area contributed by atoms with Crippen LogP contribution >= 0.6 is 23.2 Å². The van der Waals surface area contributed by atoms with Crippen LogP contribution in [0.4, 0.5) is 0 Å². The van der Waals surface area contributed by atoms with Crippen LogP contribution in [0.2, 0.25) is 10.0 Å². The van der Waals surface area contributed by atoms with Crippen LogP contribution in [0.1, 0.15) is 172 Å². The summed E-state index contributed by atoms with van der Waals surface area (Å²) in [6.07, 6.45) is 25.9. The highest BCUT2D eigenvalue weighted by Gasteiger charge is 2.29. The summed E-state index contributed by atoms with van der Waals surface area (Å²) in [5, 5.41) is 6.43. The van der Waals surface area contributed by atoms with E-state index in [9.17, 15) is 0 Å². The Hall–Kier alpha value is -10.3. The van der Waals surface area contributed by atoms with Gasteiger partial charge < -0.3 is 24.7 Å². The lowest BCUT2D eigenvalue weighted by Gasteiger charge is -2.28. The molecule has 108 heavy (non-hydrogen) atoms. The molecule has 16 aromatic rings. The molecule has 0 unspecified atom stereocenters. The molecule has 4 aliphatic carbocycles. The third-order valence-electron chi connectivity index (χ3n) is 23.7. The van der Waals surface area contributed by atoms with E-state index in [1.54, 1.807) is 7.11 Å². The number of ether oxygens (including phenoxy) is 1. The number of pyridine rings is 4. The summed E-state index contributed by atoms with van der Waals surface area (Å²) in [5.41, 5.74) is 18.0. The standard InChI is InChI=1S/C24H25N3O.2C23H22ClN3.C23H23N3/c1-28-19-11-13-22-23(15-19)27-24(26-22)14-16-6-8-18(9-7-16)21-12-10-17-4-2-3-5-20(17)25-21;24-18-10-12-21-22(14-18)27-23(26-21)13-15-5-7-17(8-6-15)20-11-9-16-3-1-2-4-19(16)25-20;24-19-9-10-21-22(13-19)27-23(26-21)11-15-5-7-16(8-6-15)18-12-17-3-1-2-4-20(17)25-14-18;1-2-6-19-17(5-1)13-14-20(24-19)18-11-9-16(10-12-18)15-23-25-21-7-3-4-8-22(21)26-23/h2-5,10-13,15-16,18H,6-9,14H2,1H3,(H,26,27);1-4,9-12,14-15,17H,5-8,13H2,(H,26,27);1-4,9-10,12-16H,5-8,11H2,(H,26,27);1-8,13-14,16,18H,9-12,15H2,(H,25,26). The second-order valence-electron chi connectivity index (χ2n) is 30.9. The Morgan fingerprint density at radius 2 is 0.630 bits per heavy atom. The van der Waals surface area contributed by atoms with Gasteiger partial charge in [-0.15, -0.1) is 0 Å². The first-order chi connectivity index (χ1) is 53.1. The fourth-order valence-corrected chi connectivity index (χ4v) is 18.0. The molecule has 0 radical (unpaired) electrons. The van der Waals surface area contributed by atoms with Gasteiger partial charge in [-0.25, -0.2) is 19.9 Å². The average Bonchev–Trinajstić information content (AvgIpc) is 1.12. The van der Waals surface area contributed by atoms with Crippen LogP contribution in [-0.4, -0.2) is 66.9 Å². The van der Waals surface area contributed by atoms with E-state index in [1.807, 2.05) is 60.7 Å². The van der Waals surface area contributed by atoms with Gasteiger partial charge in [-0.3, -0.25) is 19.9 Å². The molecule has 8 heterocycles. The Kier molecular flexibility index (Phi) is 21.3. The lowest BCUT2D eigenvalue weighted by Crippen LogP contribution is -2.16. The largest absolute Gasteiger partial charge is 0.497 e. The summed E-state index contributed by atoms with van der Waals surface area (Å²) >= 11 is 12.2. The fourth-order valence-electron chi connectivity index (χ4n) is 17.6. The van der Waals surface area contributed by atoms with Gasteiger partial charge in [0.05, 0.1) is 73.3 Å². The number of H-pyrrole nitrogens is 4. The Labute approximate surface area is 640 Å². The highest BCUT2D eigenvalue weighted by Crippen LogP contribution is 2.42. The summed E-state index contributed by atoms with van der Waals surface area (Å²) in [6.45, 7) is 0. The molecule has 20 rings (SSSR count). The van der Waals surface area contributed by atoms with Gasteiger partial charge in [-0.2, -0.15) is 0 Å². The zero-order valence-corrected chi connectivity index (χ0v) is 62.9. The second-order valence-corrected chi connectivity index (χ2v) is 31.8. The van der Waals surface area contributed by atoms with Crippen molar-refractivity contribution in [3.8, 4) is 5.75 Å². The number of aromatic nitrogens is 12. The molecular formula is C93H92Cl2N12O. The van der Waals surface area contributed by atoms with E-state index >= 15 is 0 Å². The lowest BCUT2D eigenvalue weighted by atomic mass is 9.77. The minimum Gasteiger partial charge on any atom is -0.497 e. The molecule has 0 bridgehead atoms. The Morgan fingerprint density at radius 1 is 0.296 bits per heavy atom. The van der Waals surface area contributed by atoms with Crippen molar-refractivity contribution in [1.82, 2.24) is 59.8 Å². The van der Waals surface area contributed by atoms with Gasteiger partial charge in [-0.05, 0) is 247 Å². The van der Waals surface area contributed by atoms with Gasteiger partial charge >= 0.3 is 0 Å². The normalized spacial score (nSPS) is 20.3. The van der Waals surface area contributed by atoms with Gasteiger partial charge in [0.25, 0.3) is 0 Å². The van der Waals surface area contributed by atoms with Crippen molar-refractivity contribution in [2.45, 2.75) is 152 Å². The number of para-hydroxylation sites is 6. The molecule has 0 amide bonds. The zero-order valence-electron chi connectivity index (χ0n) is 61.4. The molecule has 13 nitrogen and oxygen atoms in total. The summed E-state index contributed by atoms with van der Waals surface area (Å²) in [7, 11) is 1.70. The first-order valence-electron chi connectivity index (χ1n) is 39.3. The molecule has 4 saturated carbocycles. The van der Waals surface area contributed by atoms with Crippen molar-refractivity contribution in [3.05, 3.63) is 281 Å². The number of fused-ring (bicyclic) bond motifs is 8. The van der Waals surface area contributed by atoms with E-state index < -0.39 is 0 Å². The average molecular weight is 1460 g/mol. The molecule has 544 valence electrons. The SMILES string of the molecule is COc1ccc2nc(CC3CCC(c4ccc5ccccc5n4)CC3)[nH]c2c1.Clc1ccc2nc(CC3CCC(c4ccc5ccccc5n4)CC3)[nH]c2c1.Clc1ccc2nc(CC3CCC(c4cnc5ccccc5c4)CC3)[nH]c2c1.c1ccc2nc(C3CCC(Cc4nc5ccccc5[nH]4)CC3)ccc2c1. The van der Waals surface area contributed by atoms with E-state index in [2.05, 4.69) is 189 Å². The topological polar surface area (TPSA) is 176 Å². The summed E-state index contributed by atoms with van der Waals surface area (Å²) in [6, 6.07) is 75.2. The van der Waals surface area contributed by atoms with Gasteiger partial charge in [0.1, 0.15) is 29.0 Å². The van der Waals surface area contributed by atoms with Crippen molar-refractivity contribution < 1.29 is 4.74 Å². The molecule has 0 atom stereocenters. The zero-order chi connectivity index (χ0) is 72.7. The number of rotatable bonds is 13. The van der Waals surface area contributed by atoms with E-state index in [1.165, 1.54) is 147 Å². The van der Waals surface area contributed by atoms with Gasteiger partial charge in [-0.1, -0.05) is 126 Å². The van der Waals surface area contributed by atoms with E-state index in [-0.39, 0.29) is 0 Å². The maximum Gasteiger partial charge on any atom is 0.121 e. The molecule has 8 aromatic heterocycles. The van der Waals surface area contributed by atoms with Gasteiger partial charge in [0.15, 0.2) is 0 Å². The third kappa shape index (κ3) is 16.8. The van der Waals surface area contributed by atoms with Gasteiger partial charge in [0.2, 0.25) is 0 Å². The van der Waals surface area contributed by atoms with Crippen molar-refractivity contribution in [2.24, 2.45) is 23.7 Å². The predicted octanol–water partition coefficient (Wildman–Crippen LogP) is 23.8. The Balaban J connectivity index is 0.000000105. The number of aromatic amines is 4. The van der Waals surface area contributed by atoms with Crippen molar-refractivity contribution in [3.63, 3.8) is 0 Å². The molecule has 0 aliphatic heterocycles. The maximum atomic E-state index is 6.08. The molecule has 15 heteroatoms. The van der Waals surface area contributed by atoms with E-state index in [0.29, 0.717) is 41.4 Å². The highest BCUT2D eigenvalue weighted by molar-refractivity contribution is 6.31. The first kappa shape index (κ1) is 70.6. The number of hydrogen-bond donors (Lipinski definition) is 4. The smallest absolute Gasteiger partial charge is 0.121 e. The van der Waals surface area contributed by atoms with Crippen LogP contribution in [0.5, 0.6) is 5.75 Å². The lowest BCUT2D eigenvalue weighted by molar-refractivity contribution is 0.318. The molecule has 4 fully saturated rings. The predicted molar refractivity (Wildman–Crippen MR) is 442 cm³/mol. The second kappa shape index (κ2) is 32.6. The highest BCUT2D eigenvalue weighted by atomic mass is 35.5. The summed E-state index contributed by atoms with van der Waals surface area (Å²) in [5.74, 6) is 10.5.